The van der Waals surface area contributed by atoms with Crippen LogP contribution in [0.4, 0.5) is 13.2 Å². The summed E-state index contributed by atoms with van der Waals surface area (Å²) in [6.45, 7) is 0. The molecule has 0 bridgehead atoms. The van der Waals surface area contributed by atoms with Crippen LogP contribution >= 0.6 is 0 Å². The van der Waals surface area contributed by atoms with E-state index in [1.807, 2.05) is 0 Å². The summed E-state index contributed by atoms with van der Waals surface area (Å²) in [5.41, 5.74) is 1.19. The van der Waals surface area contributed by atoms with Crippen LogP contribution in [-0.2, 0) is 6.18 Å². The van der Waals surface area contributed by atoms with Crippen LogP contribution in [0, 0.1) is 11.3 Å². The fraction of sp³-hybridized carbons (Fsp3) is 0.0526. The zero-order valence-electron chi connectivity index (χ0n) is 14.1. The van der Waals surface area contributed by atoms with Gasteiger partial charge in [0.15, 0.2) is 0 Å². The lowest BCUT2D eigenvalue weighted by atomic mass is 10.1. The van der Waals surface area contributed by atoms with Crippen LogP contribution in [0.5, 0.6) is 11.6 Å². The number of fused-ring (bicyclic) bond motifs is 1. The molecule has 4 rings (SSSR count). The van der Waals surface area contributed by atoms with Crippen LogP contribution in [0.2, 0.25) is 0 Å². The topological polar surface area (TPSA) is 76.1 Å². The van der Waals surface area contributed by atoms with Gasteiger partial charge in [-0.1, -0.05) is 6.07 Å². The molecule has 4 aromatic rings. The molecule has 28 heavy (non-hydrogen) atoms. The van der Waals surface area contributed by atoms with Gasteiger partial charge < -0.3 is 4.74 Å². The summed E-state index contributed by atoms with van der Waals surface area (Å²) in [7, 11) is 0. The Hall–Kier alpha value is -3.93. The highest BCUT2D eigenvalue weighted by Crippen LogP contribution is 2.33. The van der Waals surface area contributed by atoms with Gasteiger partial charge in [0.2, 0.25) is 5.88 Å². The molecule has 0 unspecified atom stereocenters. The van der Waals surface area contributed by atoms with Crippen LogP contribution in [-0.4, -0.2) is 19.6 Å². The van der Waals surface area contributed by atoms with Crippen molar-refractivity contribution in [3.8, 4) is 29.0 Å². The number of ether oxygens (including phenoxy) is 1. The Balaban J connectivity index is 1.75. The first-order chi connectivity index (χ1) is 13.5. The summed E-state index contributed by atoms with van der Waals surface area (Å²) in [5, 5.41) is 13.4. The Morgan fingerprint density at radius 3 is 2.57 bits per heavy atom. The highest BCUT2D eigenvalue weighted by atomic mass is 19.4. The van der Waals surface area contributed by atoms with E-state index in [0.29, 0.717) is 22.3 Å². The van der Waals surface area contributed by atoms with E-state index in [0.717, 1.165) is 12.3 Å². The van der Waals surface area contributed by atoms with Gasteiger partial charge in [-0.05, 0) is 36.4 Å². The minimum Gasteiger partial charge on any atom is -0.437 e. The van der Waals surface area contributed by atoms with E-state index in [1.165, 1.54) is 18.5 Å². The van der Waals surface area contributed by atoms with Crippen LogP contribution in [0.1, 0.15) is 11.3 Å². The predicted octanol–water partition coefficient (Wildman–Crippen LogP) is 4.47. The lowest BCUT2D eigenvalue weighted by Gasteiger charge is -2.12. The van der Waals surface area contributed by atoms with Gasteiger partial charge >= 0.3 is 6.18 Å². The molecule has 0 saturated carbocycles. The average Bonchev–Trinajstić information content (AvgIpc) is 3.11. The molecule has 4 aromatic heterocycles. The number of nitrogens with zero attached hydrogens (tertiary/aromatic N) is 5. The fourth-order valence-corrected chi connectivity index (χ4v) is 2.69. The molecule has 0 N–H and O–H groups in total. The first-order valence-electron chi connectivity index (χ1n) is 8.01. The zero-order valence-corrected chi connectivity index (χ0v) is 14.1. The van der Waals surface area contributed by atoms with Crippen molar-refractivity contribution in [1.29, 1.82) is 5.26 Å². The monoisotopic (exact) mass is 381 g/mol. The Morgan fingerprint density at radius 2 is 1.86 bits per heavy atom. The van der Waals surface area contributed by atoms with Gasteiger partial charge in [0.1, 0.15) is 17.5 Å². The fourth-order valence-electron chi connectivity index (χ4n) is 2.69. The summed E-state index contributed by atoms with van der Waals surface area (Å²) in [4.78, 5) is 7.56. The summed E-state index contributed by atoms with van der Waals surface area (Å²) >= 11 is 0. The molecule has 0 aromatic carbocycles. The van der Waals surface area contributed by atoms with Crippen LogP contribution < -0.4 is 4.74 Å². The number of aromatic nitrogens is 4. The third-order valence-corrected chi connectivity index (χ3v) is 3.95. The molecule has 0 spiro atoms. The van der Waals surface area contributed by atoms with Gasteiger partial charge in [-0.2, -0.15) is 23.5 Å². The summed E-state index contributed by atoms with van der Waals surface area (Å²) < 4.78 is 45.2. The third kappa shape index (κ3) is 3.12. The first-order valence-corrected chi connectivity index (χ1v) is 8.01. The lowest BCUT2D eigenvalue weighted by molar-refractivity contribution is -0.141. The summed E-state index contributed by atoms with van der Waals surface area (Å²) in [6, 6.07) is 12.8. The van der Waals surface area contributed by atoms with E-state index < -0.39 is 11.9 Å². The second-order valence-electron chi connectivity index (χ2n) is 5.71. The maximum Gasteiger partial charge on any atom is 0.433 e. The third-order valence-electron chi connectivity index (χ3n) is 3.95. The Bertz CT molecular complexity index is 1190. The molecule has 0 aliphatic rings. The predicted molar refractivity (Wildman–Crippen MR) is 92.5 cm³/mol. The Labute approximate surface area is 156 Å². The quantitative estimate of drug-likeness (QED) is 0.523. The molecule has 4 heterocycles. The van der Waals surface area contributed by atoms with E-state index in [9.17, 15) is 18.4 Å². The van der Waals surface area contributed by atoms with E-state index in [-0.39, 0.29) is 11.6 Å². The van der Waals surface area contributed by atoms with Crippen molar-refractivity contribution in [1.82, 2.24) is 19.6 Å². The van der Waals surface area contributed by atoms with Crippen molar-refractivity contribution < 1.29 is 17.9 Å². The molecule has 6 nitrogen and oxygen atoms in total. The first kappa shape index (κ1) is 17.5. The molecule has 0 radical (unpaired) electrons. The van der Waals surface area contributed by atoms with Crippen LogP contribution in [0.25, 0.3) is 16.8 Å². The molecular formula is C19H10F3N5O. The number of rotatable bonds is 3. The number of alkyl halides is 3. The van der Waals surface area contributed by atoms with E-state index >= 15 is 0 Å². The number of halogens is 3. The molecule has 0 saturated heterocycles. The Morgan fingerprint density at radius 1 is 1.00 bits per heavy atom. The van der Waals surface area contributed by atoms with Crippen molar-refractivity contribution >= 4 is 5.52 Å². The Kier molecular flexibility index (Phi) is 4.16. The molecular weight excluding hydrogens is 371 g/mol. The molecule has 0 aliphatic carbocycles. The molecule has 138 valence electrons. The number of nitriles is 1. The van der Waals surface area contributed by atoms with E-state index in [4.69, 9.17) is 4.74 Å². The lowest BCUT2D eigenvalue weighted by Crippen LogP contribution is -2.07. The van der Waals surface area contributed by atoms with E-state index in [2.05, 4.69) is 21.1 Å². The maximum absolute atomic E-state index is 12.7. The molecule has 0 aliphatic heterocycles. The average molecular weight is 381 g/mol. The van der Waals surface area contributed by atoms with Crippen molar-refractivity contribution in [3.05, 3.63) is 72.3 Å². The maximum atomic E-state index is 12.7. The van der Waals surface area contributed by atoms with Gasteiger partial charge in [0.05, 0.1) is 34.7 Å². The summed E-state index contributed by atoms with van der Waals surface area (Å²) in [6.07, 6.45) is -0.581. The van der Waals surface area contributed by atoms with Gasteiger partial charge in [0.25, 0.3) is 0 Å². The number of pyridine rings is 3. The van der Waals surface area contributed by atoms with Crippen LogP contribution in [0.3, 0.4) is 0 Å². The second-order valence-corrected chi connectivity index (χ2v) is 5.71. The summed E-state index contributed by atoms with van der Waals surface area (Å²) in [5.74, 6) is 0.281. The van der Waals surface area contributed by atoms with Crippen LogP contribution in [0.15, 0.2) is 61.1 Å². The minimum atomic E-state index is -4.52. The minimum absolute atomic E-state index is 0.110. The largest absolute Gasteiger partial charge is 0.437 e. The molecule has 0 atom stereocenters. The van der Waals surface area contributed by atoms with Gasteiger partial charge in [-0.3, -0.25) is 0 Å². The smallest absolute Gasteiger partial charge is 0.433 e. The standard InChI is InChI=1S/C19H10F3N5O/c20-19(21,22)17-7-6-13(11-25-17)28-18-14(3-2-8-24-18)16-5-1-4-15-12(9-23)10-26-27(15)16/h1-8,10-11H. The van der Waals surface area contributed by atoms with Gasteiger partial charge in [0, 0.05) is 6.20 Å². The van der Waals surface area contributed by atoms with E-state index in [1.54, 1.807) is 34.8 Å². The van der Waals surface area contributed by atoms with Crippen molar-refractivity contribution in [2.45, 2.75) is 6.18 Å². The zero-order chi connectivity index (χ0) is 19.7. The normalized spacial score (nSPS) is 11.4. The van der Waals surface area contributed by atoms with Crippen molar-refractivity contribution in [2.24, 2.45) is 0 Å². The molecule has 9 heteroatoms. The highest BCUT2D eigenvalue weighted by molar-refractivity contribution is 5.71. The van der Waals surface area contributed by atoms with Crippen molar-refractivity contribution in [3.63, 3.8) is 0 Å². The SMILES string of the molecule is N#Cc1cnn2c(-c3cccnc3Oc3ccc(C(F)(F)F)nc3)cccc12. The molecule has 0 amide bonds. The van der Waals surface area contributed by atoms with Crippen molar-refractivity contribution in [2.75, 3.05) is 0 Å². The number of hydrogen-bond acceptors (Lipinski definition) is 5. The molecule has 0 fully saturated rings. The van der Waals surface area contributed by atoms with Gasteiger partial charge in [-0.15, -0.1) is 0 Å². The highest BCUT2D eigenvalue weighted by Gasteiger charge is 2.32. The number of hydrogen-bond donors (Lipinski definition) is 0. The van der Waals surface area contributed by atoms with Gasteiger partial charge in [-0.25, -0.2) is 14.5 Å². The second kappa shape index (κ2) is 6.66.